The van der Waals surface area contributed by atoms with Crippen LogP contribution in [-0.4, -0.2) is 0 Å². The highest BCUT2D eigenvalue weighted by Gasteiger charge is 2.23. The summed E-state index contributed by atoms with van der Waals surface area (Å²) in [4.78, 5) is 0. The van der Waals surface area contributed by atoms with E-state index in [4.69, 9.17) is 5.26 Å². The van der Waals surface area contributed by atoms with Crippen LogP contribution in [0.3, 0.4) is 0 Å². The maximum atomic E-state index is 13.9. The molecule has 1 aromatic rings. The lowest BCUT2D eigenvalue weighted by Crippen LogP contribution is -2.13. The van der Waals surface area contributed by atoms with Crippen molar-refractivity contribution in [1.29, 1.82) is 5.26 Å². The molecule has 1 nitrogen and oxygen atoms in total. The second kappa shape index (κ2) is 9.88. The molecular formula is C25H29F2N. The van der Waals surface area contributed by atoms with Crippen LogP contribution in [0.25, 0.3) is 0 Å². The van der Waals surface area contributed by atoms with Gasteiger partial charge < -0.3 is 0 Å². The standard InChI is InChI=1S/C25H29F2N/c1-2-18-7-9-19(10-8-18)5-3-4-6-20-11-13-21(14-12-20)22-15-24(26)23(17-28)25(27)16-22/h3,5,15-16,18-21H,2,7-14H2,1H3/t18-,19-,20-,21-. The summed E-state index contributed by atoms with van der Waals surface area (Å²) in [5.41, 5.74) is 0.182. The monoisotopic (exact) mass is 381 g/mol. The SMILES string of the molecule is CC[C@H]1CC[C@H](C=CC#C[C@H]2CC[C@H](c3cc(F)c(C#N)c(F)c3)CC2)CC1. The zero-order chi connectivity index (χ0) is 19.9. The molecule has 3 rings (SSSR count). The van der Waals surface area contributed by atoms with E-state index in [1.54, 1.807) is 6.07 Å². The van der Waals surface area contributed by atoms with E-state index < -0.39 is 17.2 Å². The zero-order valence-corrected chi connectivity index (χ0v) is 16.7. The van der Waals surface area contributed by atoms with Gasteiger partial charge in [-0.25, -0.2) is 8.78 Å². The first-order valence-electron chi connectivity index (χ1n) is 10.7. The molecule has 2 fully saturated rings. The van der Waals surface area contributed by atoms with Gasteiger partial charge in [0.05, 0.1) is 0 Å². The minimum Gasteiger partial charge on any atom is -0.205 e. The third kappa shape index (κ3) is 5.23. The highest BCUT2D eigenvalue weighted by Crippen LogP contribution is 2.36. The van der Waals surface area contributed by atoms with Crippen LogP contribution in [0.2, 0.25) is 0 Å². The van der Waals surface area contributed by atoms with E-state index >= 15 is 0 Å². The maximum Gasteiger partial charge on any atom is 0.144 e. The Balaban J connectivity index is 1.48. The molecule has 0 aromatic heterocycles. The van der Waals surface area contributed by atoms with Crippen molar-refractivity contribution in [2.24, 2.45) is 17.8 Å². The Bertz CT molecular complexity index is 769. The highest BCUT2D eigenvalue weighted by molar-refractivity contribution is 5.36. The maximum absolute atomic E-state index is 13.9. The van der Waals surface area contributed by atoms with Crippen LogP contribution < -0.4 is 0 Å². The van der Waals surface area contributed by atoms with Gasteiger partial charge in [0.2, 0.25) is 0 Å². The van der Waals surface area contributed by atoms with Crippen LogP contribution in [0.1, 0.15) is 81.8 Å². The minimum atomic E-state index is -0.752. The van der Waals surface area contributed by atoms with E-state index in [0.29, 0.717) is 17.4 Å². The zero-order valence-electron chi connectivity index (χ0n) is 16.7. The van der Waals surface area contributed by atoms with Gasteiger partial charge >= 0.3 is 0 Å². The highest BCUT2D eigenvalue weighted by atomic mass is 19.1. The van der Waals surface area contributed by atoms with Gasteiger partial charge in [0.15, 0.2) is 0 Å². The van der Waals surface area contributed by atoms with Crippen molar-refractivity contribution in [3.05, 3.63) is 47.0 Å². The lowest BCUT2D eigenvalue weighted by molar-refractivity contribution is 0.304. The van der Waals surface area contributed by atoms with Crippen molar-refractivity contribution in [3.63, 3.8) is 0 Å². The Morgan fingerprint density at radius 1 is 1.00 bits per heavy atom. The van der Waals surface area contributed by atoms with Gasteiger partial charge in [0.25, 0.3) is 0 Å². The molecule has 0 heterocycles. The molecule has 0 aliphatic heterocycles. The lowest BCUT2D eigenvalue weighted by atomic mass is 9.78. The van der Waals surface area contributed by atoms with Crippen molar-refractivity contribution in [2.45, 2.75) is 70.6 Å². The van der Waals surface area contributed by atoms with E-state index in [-0.39, 0.29) is 5.92 Å². The molecule has 0 amide bonds. The summed E-state index contributed by atoms with van der Waals surface area (Å²) in [6, 6.07) is 4.24. The quantitative estimate of drug-likeness (QED) is 0.523. The van der Waals surface area contributed by atoms with Gasteiger partial charge in [-0.3, -0.25) is 0 Å². The average Bonchev–Trinajstić information content (AvgIpc) is 2.72. The molecule has 2 aliphatic carbocycles. The molecule has 28 heavy (non-hydrogen) atoms. The van der Waals surface area contributed by atoms with Crippen molar-refractivity contribution < 1.29 is 8.78 Å². The number of hydrogen-bond acceptors (Lipinski definition) is 1. The van der Waals surface area contributed by atoms with Crippen LogP contribution in [0, 0.1) is 52.6 Å². The fourth-order valence-corrected chi connectivity index (χ4v) is 4.65. The van der Waals surface area contributed by atoms with Gasteiger partial charge in [-0.2, -0.15) is 5.26 Å². The van der Waals surface area contributed by atoms with E-state index in [2.05, 4.69) is 24.8 Å². The van der Waals surface area contributed by atoms with Crippen molar-refractivity contribution >= 4 is 0 Å². The van der Waals surface area contributed by atoms with Crippen molar-refractivity contribution in [2.75, 3.05) is 0 Å². The Morgan fingerprint density at radius 2 is 1.64 bits per heavy atom. The van der Waals surface area contributed by atoms with Gasteiger partial charge in [-0.1, -0.05) is 31.3 Å². The molecular weight excluding hydrogens is 352 g/mol. The first kappa shape index (κ1) is 20.6. The summed E-state index contributed by atoms with van der Waals surface area (Å²) < 4.78 is 27.7. The first-order chi connectivity index (χ1) is 13.6. The Morgan fingerprint density at radius 3 is 2.21 bits per heavy atom. The lowest BCUT2D eigenvalue weighted by Gasteiger charge is -2.26. The third-order valence-corrected chi connectivity index (χ3v) is 6.58. The molecule has 0 bridgehead atoms. The molecule has 3 heteroatoms. The molecule has 0 radical (unpaired) electrons. The predicted molar refractivity (Wildman–Crippen MR) is 108 cm³/mol. The number of nitriles is 1. The van der Waals surface area contributed by atoms with Crippen molar-refractivity contribution in [1.82, 2.24) is 0 Å². The third-order valence-electron chi connectivity index (χ3n) is 6.58. The Labute approximate surface area is 167 Å². The fraction of sp³-hybridized carbons (Fsp3) is 0.560. The molecule has 0 spiro atoms. The summed E-state index contributed by atoms with van der Waals surface area (Å²) in [5, 5.41) is 8.79. The fourth-order valence-electron chi connectivity index (χ4n) is 4.65. The van der Waals surface area contributed by atoms with Crippen LogP contribution in [0.5, 0.6) is 0 Å². The number of hydrogen-bond donors (Lipinski definition) is 0. The Kier molecular flexibility index (Phi) is 7.27. The predicted octanol–water partition coefficient (Wildman–Crippen LogP) is 6.89. The van der Waals surface area contributed by atoms with E-state index in [9.17, 15) is 8.78 Å². The number of nitrogens with zero attached hydrogens (tertiary/aromatic N) is 1. The molecule has 0 N–H and O–H groups in total. The van der Waals surface area contributed by atoms with Gasteiger partial charge in [0, 0.05) is 5.92 Å². The van der Waals surface area contributed by atoms with Crippen molar-refractivity contribution in [3.8, 4) is 17.9 Å². The summed E-state index contributed by atoms with van der Waals surface area (Å²) in [7, 11) is 0. The largest absolute Gasteiger partial charge is 0.205 e. The van der Waals surface area contributed by atoms with Gasteiger partial charge in [0.1, 0.15) is 23.3 Å². The van der Waals surface area contributed by atoms with Crippen LogP contribution >= 0.6 is 0 Å². The van der Waals surface area contributed by atoms with E-state index in [0.717, 1.165) is 31.6 Å². The molecule has 2 aliphatic rings. The van der Waals surface area contributed by atoms with E-state index in [1.165, 1.54) is 44.2 Å². The average molecular weight is 382 g/mol. The van der Waals surface area contributed by atoms with Gasteiger partial charge in [-0.05, 0) is 92.9 Å². The second-order valence-electron chi connectivity index (χ2n) is 8.36. The summed E-state index contributed by atoms with van der Waals surface area (Å²) in [6.07, 6.45) is 14.6. The first-order valence-corrected chi connectivity index (χ1v) is 10.7. The second-order valence-corrected chi connectivity index (χ2v) is 8.36. The summed E-state index contributed by atoms with van der Waals surface area (Å²) in [6.45, 7) is 2.29. The molecule has 1 aromatic carbocycles. The molecule has 0 unspecified atom stereocenters. The molecule has 0 atom stereocenters. The Hall–Kier alpha value is -2.13. The smallest absolute Gasteiger partial charge is 0.144 e. The number of allylic oxidation sites excluding steroid dienone is 2. The molecule has 0 saturated heterocycles. The normalized spacial score (nSPS) is 27.8. The number of rotatable bonds is 3. The van der Waals surface area contributed by atoms with Crippen LogP contribution in [0.15, 0.2) is 24.3 Å². The molecule has 148 valence electrons. The molecule has 2 saturated carbocycles. The number of halogens is 2. The summed E-state index contributed by atoms with van der Waals surface area (Å²) >= 11 is 0. The van der Waals surface area contributed by atoms with Gasteiger partial charge in [-0.15, -0.1) is 0 Å². The summed E-state index contributed by atoms with van der Waals surface area (Å²) in [5.74, 6) is 7.22. The van der Waals surface area contributed by atoms with Crippen LogP contribution in [-0.2, 0) is 0 Å². The number of benzene rings is 1. The van der Waals surface area contributed by atoms with Crippen LogP contribution in [0.4, 0.5) is 8.78 Å². The minimum absolute atomic E-state index is 0.152. The topological polar surface area (TPSA) is 23.8 Å². The van der Waals surface area contributed by atoms with E-state index in [1.807, 2.05) is 6.08 Å².